The Balaban J connectivity index is 1.75. The summed E-state index contributed by atoms with van der Waals surface area (Å²) >= 11 is 0. The number of carbonyl (C=O) groups excluding carboxylic acids is 1. The van der Waals surface area contributed by atoms with Gasteiger partial charge in [-0.1, -0.05) is 12.1 Å². The molecule has 0 unspecified atom stereocenters. The standard InChI is InChI=1S/C16H18N2O3/c1-21-14-7-4-12(5-8-14)3-2-10-17-16(20)13-6-9-15(19)18-11-13/h4-9,11H,2-3,10H2,1H3,(H,17,20)(H,18,19). The average Bonchev–Trinajstić information content (AvgIpc) is 2.52. The van der Waals surface area contributed by atoms with Crippen molar-refractivity contribution < 1.29 is 9.53 Å². The van der Waals surface area contributed by atoms with Crippen LogP contribution in [0.1, 0.15) is 22.3 Å². The number of nitrogens with one attached hydrogen (secondary N) is 2. The lowest BCUT2D eigenvalue weighted by molar-refractivity contribution is 0.0953. The van der Waals surface area contributed by atoms with Gasteiger partial charge in [-0.05, 0) is 36.6 Å². The number of H-pyrrole nitrogens is 1. The number of pyridine rings is 1. The van der Waals surface area contributed by atoms with Gasteiger partial charge in [-0.25, -0.2) is 0 Å². The Morgan fingerprint density at radius 1 is 1.19 bits per heavy atom. The molecule has 2 rings (SSSR count). The number of aromatic amines is 1. The van der Waals surface area contributed by atoms with Gasteiger partial charge >= 0.3 is 0 Å². The number of amides is 1. The van der Waals surface area contributed by atoms with Crippen LogP contribution in [-0.2, 0) is 6.42 Å². The number of hydrogen-bond acceptors (Lipinski definition) is 3. The quantitative estimate of drug-likeness (QED) is 0.795. The van der Waals surface area contributed by atoms with Crippen LogP contribution in [0.4, 0.5) is 0 Å². The molecule has 1 aromatic heterocycles. The highest BCUT2D eigenvalue weighted by molar-refractivity contribution is 5.93. The molecule has 21 heavy (non-hydrogen) atoms. The fourth-order valence-corrected chi connectivity index (χ4v) is 1.94. The molecule has 0 aliphatic heterocycles. The van der Waals surface area contributed by atoms with Crippen molar-refractivity contribution in [3.63, 3.8) is 0 Å². The first-order valence-corrected chi connectivity index (χ1v) is 6.79. The Morgan fingerprint density at radius 3 is 2.57 bits per heavy atom. The van der Waals surface area contributed by atoms with Crippen molar-refractivity contribution in [3.05, 3.63) is 64.1 Å². The Labute approximate surface area is 123 Å². The van der Waals surface area contributed by atoms with Crippen LogP contribution in [-0.4, -0.2) is 24.5 Å². The van der Waals surface area contributed by atoms with Crippen LogP contribution in [0.5, 0.6) is 5.75 Å². The second-order valence-corrected chi connectivity index (χ2v) is 4.65. The van der Waals surface area contributed by atoms with E-state index in [1.807, 2.05) is 24.3 Å². The Kier molecular flexibility index (Phi) is 5.15. The van der Waals surface area contributed by atoms with Gasteiger partial charge < -0.3 is 15.0 Å². The second kappa shape index (κ2) is 7.28. The van der Waals surface area contributed by atoms with E-state index in [-0.39, 0.29) is 11.5 Å². The van der Waals surface area contributed by atoms with Crippen molar-refractivity contribution >= 4 is 5.91 Å². The summed E-state index contributed by atoms with van der Waals surface area (Å²) in [6.45, 7) is 0.587. The molecule has 110 valence electrons. The number of rotatable bonds is 6. The summed E-state index contributed by atoms with van der Waals surface area (Å²) in [6.07, 6.45) is 3.15. The number of methoxy groups -OCH3 is 1. The first-order chi connectivity index (χ1) is 10.2. The highest BCUT2D eigenvalue weighted by Gasteiger charge is 2.04. The summed E-state index contributed by atoms with van der Waals surface area (Å²) in [5, 5.41) is 2.83. The van der Waals surface area contributed by atoms with Gasteiger partial charge in [0.05, 0.1) is 12.7 Å². The Hall–Kier alpha value is -2.56. The summed E-state index contributed by atoms with van der Waals surface area (Å²) in [7, 11) is 1.64. The first kappa shape index (κ1) is 14.8. The fourth-order valence-electron chi connectivity index (χ4n) is 1.94. The summed E-state index contributed by atoms with van der Waals surface area (Å²) in [6, 6.07) is 10.7. The van der Waals surface area contributed by atoms with E-state index in [0.29, 0.717) is 12.1 Å². The zero-order valence-electron chi connectivity index (χ0n) is 11.9. The minimum Gasteiger partial charge on any atom is -0.497 e. The van der Waals surface area contributed by atoms with Gasteiger partial charge in [0.1, 0.15) is 5.75 Å². The number of hydrogen-bond donors (Lipinski definition) is 2. The maximum Gasteiger partial charge on any atom is 0.252 e. The highest BCUT2D eigenvalue weighted by Crippen LogP contribution is 2.12. The third-order valence-corrected chi connectivity index (χ3v) is 3.13. The van der Waals surface area contributed by atoms with Crippen LogP contribution in [0.15, 0.2) is 47.4 Å². The first-order valence-electron chi connectivity index (χ1n) is 6.79. The van der Waals surface area contributed by atoms with Crippen LogP contribution in [0.2, 0.25) is 0 Å². The molecular formula is C16H18N2O3. The van der Waals surface area contributed by atoms with Gasteiger partial charge in [0.25, 0.3) is 5.91 Å². The molecule has 0 atom stereocenters. The molecule has 0 bridgehead atoms. The number of benzene rings is 1. The van der Waals surface area contributed by atoms with E-state index in [1.165, 1.54) is 23.9 Å². The zero-order valence-corrected chi connectivity index (χ0v) is 11.9. The van der Waals surface area contributed by atoms with Crippen LogP contribution < -0.4 is 15.6 Å². The predicted molar refractivity (Wildman–Crippen MR) is 80.7 cm³/mol. The van der Waals surface area contributed by atoms with Crippen LogP contribution in [0, 0.1) is 0 Å². The van der Waals surface area contributed by atoms with Crippen LogP contribution in [0.25, 0.3) is 0 Å². The molecule has 5 nitrogen and oxygen atoms in total. The molecule has 0 saturated heterocycles. The second-order valence-electron chi connectivity index (χ2n) is 4.65. The molecule has 0 fully saturated rings. The van der Waals surface area contributed by atoms with E-state index in [1.54, 1.807) is 7.11 Å². The lowest BCUT2D eigenvalue weighted by Gasteiger charge is -2.06. The molecule has 0 saturated carbocycles. The molecule has 0 radical (unpaired) electrons. The van der Waals surface area contributed by atoms with E-state index in [4.69, 9.17) is 4.74 Å². The lowest BCUT2D eigenvalue weighted by atomic mass is 10.1. The van der Waals surface area contributed by atoms with Gasteiger partial charge in [0.15, 0.2) is 0 Å². The Bertz CT molecular complexity index is 627. The molecule has 2 aromatic rings. The topological polar surface area (TPSA) is 71.2 Å². The van der Waals surface area contributed by atoms with E-state index < -0.39 is 0 Å². The molecular weight excluding hydrogens is 268 g/mol. The van der Waals surface area contributed by atoms with Gasteiger partial charge in [-0.3, -0.25) is 9.59 Å². The summed E-state index contributed by atoms with van der Waals surface area (Å²) in [5.74, 6) is 0.658. The molecule has 0 aliphatic rings. The number of aromatic nitrogens is 1. The third-order valence-electron chi connectivity index (χ3n) is 3.13. The van der Waals surface area contributed by atoms with E-state index in [9.17, 15) is 9.59 Å². The van der Waals surface area contributed by atoms with Gasteiger partial charge in [-0.15, -0.1) is 0 Å². The molecule has 1 heterocycles. The maximum absolute atomic E-state index is 11.8. The molecule has 0 spiro atoms. The number of carbonyl (C=O) groups is 1. The molecule has 1 aromatic carbocycles. The average molecular weight is 286 g/mol. The largest absolute Gasteiger partial charge is 0.497 e. The SMILES string of the molecule is COc1ccc(CCCNC(=O)c2ccc(=O)[nH]c2)cc1. The molecule has 1 amide bonds. The Morgan fingerprint density at radius 2 is 1.95 bits per heavy atom. The number of ether oxygens (including phenoxy) is 1. The van der Waals surface area contributed by atoms with Crippen molar-refractivity contribution in [1.82, 2.24) is 10.3 Å². The summed E-state index contributed by atoms with van der Waals surface area (Å²) < 4.78 is 5.10. The third kappa shape index (κ3) is 4.49. The van der Waals surface area contributed by atoms with E-state index in [0.717, 1.165) is 18.6 Å². The normalized spacial score (nSPS) is 10.1. The van der Waals surface area contributed by atoms with Crippen molar-refractivity contribution in [2.24, 2.45) is 0 Å². The van der Waals surface area contributed by atoms with Gasteiger partial charge in [-0.2, -0.15) is 0 Å². The van der Waals surface area contributed by atoms with Gasteiger partial charge in [0, 0.05) is 18.8 Å². The van der Waals surface area contributed by atoms with Crippen molar-refractivity contribution in [2.75, 3.05) is 13.7 Å². The monoisotopic (exact) mass is 286 g/mol. The van der Waals surface area contributed by atoms with E-state index in [2.05, 4.69) is 10.3 Å². The molecule has 2 N–H and O–H groups in total. The minimum absolute atomic E-state index is 0.180. The van der Waals surface area contributed by atoms with Crippen LogP contribution in [0.3, 0.4) is 0 Å². The van der Waals surface area contributed by atoms with Gasteiger partial charge in [0.2, 0.25) is 5.56 Å². The zero-order chi connectivity index (χ0) is 15.1. The molecule has 5 heteroatoms. The lowest BCUT2D eigenvalue weighted by Crippen LogP contribution is -2.25. The fraction of sp³-hybridized carbons (Fsp3) is 0.250. The summed E-state index contributed by atoms with van der Waals surface area (Å²) in [5.41, 5.74) is 1.44. The highest BCUT2D eigenvalue weighted by atomic mass is 16.5. The van der Waals surface area contributed by atoms with Crippen molar-refractivity contribution in [3.8, 4) is 5.75 Å². The maximum atomic E-state index is 11.8. The predicted octanol–water partition coefficient (Wildman–Crippen LogP) is 1.75. The van der Waals surface area contributed by atoms with E-state index >= 15 is 0 Å². The molecule has 0 aliphatic carbocycles. The van der Waals surface area contributed by atoms with Crippen LogP contribution >= 0.6 is 0 Å². The van der Waals surface area contributed by atoms with Crippen molar-refractivity contribution in [2.45, 2.75) is 12.8 Å². The minimum atomic E-state index is -0.217. The van der Waals surface area contributed by atoms with Crippen molar-refractivity contribution in [1.29, 1.82) is 0 Å². The summed E-state index contributed by atoms with van der Waals surface area (Å²) in [4.78, 5) is 25.2. The smallest absolute Gasteiger partial charge is 0.252 e. The number of aryl methyl sites for hydroxylation is 1.